The van der Waals surface area contributed by atoms with Crippen LogP contribution in [0, 0.1) is 0 Å². The summed E-state index contributed by atoms with van der Waals surface area (Å²) in [7, 11) is -2.95. The lowest BCUT2D eigenvalue weighted by molar-refractivity contribution is 0.237. The topological polar surface area (TPSA) is 75.3 Å². The Morgan fingerprint density at radius 3 is 2.41 bits per heavy atom. The Hall–Kier alpha value is -0.780. The fourth-order valence-corrected chi connectivity index (χ4v) is 4.37. The molecule has 1 atom stereocenters. The molecule has 0 spiro atoms. The molecule has 1 saturated carbocycles. The number of amides is 2. The van der Waals surface area contributed by atoms with Gasteiger partial charge in [-0.15, -0.1) is 0 Å². The lowest BCUT2D eigenvalue weighted by atomic mass is 10.2. The summed E-state index contributed by atoms with van der Waals surface area (Å²) in [6.07, 6.45) is 5.80. The van der Waals surface area contributed by atoms with Crippen LogP contribution >= 0.6 is 0 Å². The zero-order valence-electron chi connectivity index (χ0n) is 9.94. The van der Waals surface area contributed by atoms with E-state index in [4.69, 9.17) is 0 Å². The molecule has 2 aliphatic rings. The molecule has 0 aromatic carbocycles. The van der Waals surface area contributed by atoms with Gasteiger partial charge in [0.25, 0.3) is 0 Å². The van der Waals surface area contributed by atoms with Crippen molar-refractivity contribution in [3.05, 3.63) is 0 Å². The second-order valence-electron chi connectivity index (χ2n) is 4.97. The van der Waals surface area contributed by atoms with Crippen LogP contribution in [0.4, 0.5) is 4.79 Å². The molecule has 1 heterocycles. The third-order valence-corrected chi connectivity index (χ3v) is 5.92. The van der Waals surface area contributed by atoms with Crippen molar-refractivity contribution in [3.63, 3.8) is 0 Å². The van der Waals surface area contributed by atoms with Gasteiger partial charge in [-0.3, -0.25) is 0 Å². The summed E-state index contributed by atoms with van der Waals surface area (Å²) in [5.41, 5.74) is 0. The van der Waals surface area contributed by atoms with Crippen molar-refractivity contribution in [1.29, 1.82) is 0 Å². The highest BCUT2D eigenvalue weighted by atomic mass is 32.2. The van der Waals surface area contributed by atoms with Crippen LogP contribution in [0.3, 0.4) is 0 Å². The Kier molecular flexibility index (Phi) is 3.91. The Balaban J connectivity index is 1.72. The van der Waals surface area contributed by atoms with Gasteiger partial charge in [0.05, 0.1) is 11.0 Å². The minimum atomic E-state index is -2.95. The molecule has 2 rings (SSSR count). The first kappa shape index (κ1) is 12.7. The first-order valence-corrected chi connectivity index (χ1v) is 8.05. The number of nitrogens with one attached hydrogen (secondary N) is 2. The van der Waals surface area contributed by atoms with Gasteiger partial charge in [-0.2, -0.15) is 0 Å². The van der Waals surface area contributed by atoms with Crippen molar-refractivity contribution in [2.45, 2.75) is 49.8 Å². The van der Waals surface area contributed by atoms with Crippen LogP contribution in [0.5, 0.6) is 0 Å². The molecule has 2 amide bonds. The number of carbonyl (C=O) groups is 1. The first-order chi connectivity index (χ1) is 8.08. The molecule has 2 N–H and O–H groups in total. The zero-order valence-corrected chi connectivity index (χ0v) is 10.8. The fraction of sp³-hybridized carbons (Fsp3) is 0.909. The first-order valence-electron chi connectivity index (χ1n) is 6.34. The van der Waals surface area contributed by atoms with Crippen molar-refractivity contribution >= 4 is 15.9 Å². The average molecular weight is 260 g/mol. The van der Waals surface area contributed by atoms with Gasteiger partial charge < -0.3 is 10.6 Å². The van der Waals surface area contributed by atoms with Crippen molar-refractivity contribution in [2.75, 3.05) is 12.3 Å². The highest BCUT2D eigenvalue weighted by molar-refractivity contribution is 7.92. The van der Waals surface area contributed by atoms with E-state index in [0.29, 0.717) is 6.42 Å². The summed E-state index contributed by atoms with van der Waals surface area (Å²) in [5.74, 6) is 0.267. The maximum absolute atomic E-state index is 11.5. The molecule has 1 saturated heterocycles. The van der Waals surface area contributed by atoms with Gasteiger partial charge >= 0.3 is 6.03 Å². The molecule has 6 heteroatoms. The molecule has 0 radical (unpaired) electrons. The van der Waals surface area contributed by atoms with Gasteiger partial charge in [0, 0.05) is 12.6 Å². The molecule has 0 aromatic heterocycles. The van der Waals surface area contributed by atoms with Crippen molar-refractivity contribution in [1.82, 2.24) is 10.6 Å². The number of urea groups is 1. The van der Waals surface area contributed by atoms with Gasteiger partial charge in [0.15, 0.2) is 9.84 Å². The second-order valence-corrected chi connectivity index (χ2v) is 7.37. The molecule has 1 aliphatic heterocycles. The van der Waals surface area contributed by atoms with Crippen LogP contribution in [-0.4, -0.2) is 38.0 Å². The highest BCUT2D eigenvalue weighted by Crippen LogP contribution is 2.19. The molecule has 98 valence electrons. The number of sulfone groups is 1. The normalized spacial score (nSPS) is 28.1. The van der Waals surface area contributed by atoms with Gasteiger partial charge in [-0.25, -0.2) is 13.2 Å². The van der Waals surface area contributed by atoms with Gasteiger partial charge in [-0.1, -0.05) is 12.8 Å². The summed E-state index contributed by atoms with van der Waals surface area (Å²) >= 11 is 0. The van der Waals surface area contributed by atoms with Gasteiger partial charge in [-0.05, 0) is 25.7 Å². The third-order valence-electron chi connectivity index (χ3n) is 3.64. The Labute approximate surface area is 102 Å². The maximum Gasteiger partial charge on any atom is 0.315 e. The van der Waals surface area contributed by atoms with Crippen LogP contribution in [-0.2, 0) is 9.84 Å². The largest absolute Gasteiger partial charge is 0.337 e. The standard InChI is InChI=1S/C11H20N2O3S/c14-11(13-9-4-1-2-5-9)12-8-10-6-3-7-17(10,15)16/h9-10H,1-8H2,(H2,12,13,14). The molecule has 2 fully saturated rings. The fourth-order valence-electron chi connectivity index (χ4n) is 2.60. The monoisotopic (exact) mass is 260 g/mol. The van der Waals surface area contributed by atoms with E-state index in [2.05, 4.69) is 10.6 Å². The summed E-state index contributed by atoms with van der Waals surface area (Å²) in [6.45, 7) is 0.251. The Bertz CT molecular complexity index is 374. The predicted octanol–water partition coefficient (Wildman–Crippen LogP) is 0.805. The van der Waals surface area contributed by atoms with Crippen LogP contribution < -0.4 is 10.6 Å². The number of rotatable bonds is 3. The molecule has 0 bridgehead atoms. The van der Waals surface area contributed by atoms with Crippen molar-refractivity contribution in [3.8, 4) is 0 Å². The number of hydrogen-bond donors (Lipinski definition) is 2. The minimum Gasteiger partial charge on any atom is -0.337 e. The SMILES string of the molecule is O=C(NCC1CCCS1(=O)=O)NC1CCCC1. The molecule has 1 unspecified atom stereocenters. The van der Waals surface area contributed by atoms with E-state index in [0.717, 1.165) is 19.3 Å². The van der Waals surface area contributed by atoms with E-state index in [9.17, 15) is 13.2 Å². The molecular formula is C11H20N2O3S. The van der Waals surface area contributed by atoms with E-state index in [1.165, 1.54) is 12.8 Å². The van der Waals surface area contributed by atoms with E-state index in [1.807, 2.05) is 0 Å². The molecular weight excluding hydrogens is 240 g/mol. The molecule has 0 aromatic rings. The lowest BCUT2D eigenvalue weighted by Crippen LogP contribution is -2.44. The van der Waals surface area contributed by atoms with Gasteiger partial charge in [0.1, 0.15) is 0 Å². The van der Waals surface area contributed by atoms with Crippen molar-refractivity contribution < 1.29 is 13.2 Å². The highest BCUT2D eigenvalue weighted by Gasteiger charge is 2.31. The number of carbonyl (C=O) groups excluding carboxylic acids is 1. The van der Waals surface area contributed by atoms with Crippen LogP contribution in [0.25, 0.3) is 0 Å². The second kappa shape index (κ2) is 5.25. The van der Waals surface area contributed by atoms with Crippen LogP contribution in [0.15, 0.2) is 0 Å². The van der Waals surface area contributed by atoms with E-state index in [1.54, 1.807) is 0 Å². The Morgan fingerprint density at radius 2 is 1.82 bits per heavy atom. The van der Waals surface area contributed by atoms with E-state index in [-0.39, 0.29) is 29.6 Å². The lowest BCUT2D eigenvalue weighted by Gasteiger charge is -2.15. The zero-order chi connectivity index (χ0) is 12.3. The van der Waals surface area contributed by atoms with E-state index >= 15 is 0 Å². The smallest absolute Gasteiger partial charge is 0.315 e. The summed E-state index contributed by atoms with van der Waals surface area (Å²) in [4.78, 5) is 11.5. The third kappa shape index (κ3) is 3.34. The summed E-state index contributed by atoms with van der Waals surface area (Å²) in [6, 6.07) is 0.0502. The van der Waals surface area contributed by atoms with Crippen LogP contribution in [0.2, 0.25) is 0 Å². The van der Waals surface area contributed by atoms with Crippen molar-refractivity contribution in [2.24, 2.45) is 0 Å². The van der Waals surface area contributed by atoms with E-state index < -0.39 is 9.84 Å². The maximum atomic E-state index is 11.5. The number of hydrogen-bond acceptors (Lipinski definition) is 3. The Morgan fingerprint density at radius 1 is 1.12 bits per heavy atom. The van der Waals surface area contributed by atoms with Gasteiger partial charge in [0.2, 0.25) is 0 Å². The molecule has 17 heavy (non-hydrogen) atoms. The summed E-state index contributed by atoms with van der Waals surface area (Å²) < 4.78 is 23.1. The minimum absolute atomic E-state index is 0.223. The quantitative estimate of drug-likeness (QED) is 0.788. The molecule has 5 nitrogen and oxygen atoms in total. The predicted molar refractivity (Wildman–Crippen MR) is 65.6 cm³/mol. The van der Waals surface area contributed by atoms with Crippen LogP contribution in [0.1, 0.15) is 38.5 Å². The molecule has 1 aliphatic carbocycles. The summed E-state index contributed by atoms with van der Waals surface area (Å²) in [5, 5.41) is 5.19. The average Bonchev–Trinajstić information content (AvgIpc) is 2.85.